The van der Waals surface area contributed by atoms with E-state index in [2.05, 4.69) is 14.9 Å². The molecule has 0 atom stereocenters. The molecule has 1 saturated heterocycles. The van der Waals surface area contributed by atoms with Gasteiger partial charge in [-0.2, -0.15) is 0 Å². The molecule has 9 nitrogen and oxygen atoms in total. The summed E-state index contributed by atoms with van der Waals surface area (Å²) in [4.78, 5) is 25.1. The number of piperidine rings is 1. The van der Waals surface area contributed by atoms with Gasteiger partial charge >= 0.3 is 6.09 Å². The van der Waals surface area contributed by atoms with E-state index in [-0.39, 0.29) is 22.6 Å². The number of benzene rings is 1. The Kier molecular flexibility index (Phi) is 7.64. The summed E-state index contributed by atoms with van der Waals surface area (Å²) in [6.45, 7) is 9.54. The van der Waals surface area contributed by atoms with Crippen LogP contribution in [0, 0.1) is 18.7 Å². The lowest BCUT2D eigenvalue weighted by Gasteiger charge is -2.36. The predicted octanol–water partition coefficient (Wildman–Crippen LogP) is 4.74. The SMILES string of the molecule is Cc1c(Oc2ccc(S(C)(=O)=O)cc2F)ncnc1N(CC1CCN(C(=O)OC(C)(C)C)CC1)C1CC1. The number of aromatic nitrogens is 2. The Labute approximate surface area is 217 Å². The standard InChI is InChI=1S/C26H35FN4O5S/c1-17-23(28-16-29-24(17)35-22-9-8-20(14-21(22)27)37(5,33)34)31(19-6-7-19)15-18-10-12-30(13-11-18)25(32)36-26(2,3)4/h8-9,14,16,18-19H,6-7,10-13,15H2,1-5H3. The number of likely N-dealkylation sites (tertiary alicyclic amines) is 1. The lowest BCUT2D eigenvalue weighted by Crippen LogP contribution is -2.44. The number of hydrogen-bond acceptors (Lipinski definition) is 8. The average molecular weight is 535 g/mol. The molecule has 1 saturated carbocycles. The third-order valence-corrected chi connectivity index (χ3v) is 7.64. The van der Waals surface area contributed by atoms with Crippen molar-refractivity contribution >= 4 is 21.7 Å². The lowest BCUT2D eigenvalue weighted by atomic mass is 9.96. The normalized spacial score (nSPS) is 17.0. The zero-order valence-corrected chi connectivity index (χ0v) is 22.8. The molecule has 1 aromatic carbocycles. The number of nitrogens with zero attached hydrogens (tertiary/aromatic N) is 4. The molecule has 0 spiro atoms. The van der Waals surface area contributed by atoms with Crippen molar-refractivity contribution in [2.75, 3.05) is 30.8 Å². The summed E-state index contributed by atoms with van der Waals surface area (Å²) in [5, 5.41) is 0. The predicted molar refractivity (Wildman–Crippen MR) is 137 cm³/mol. The Balaban J connectivity index is 1.45. The highest BCUT2D eigenvalue weighted by Gasteiger charge is 2.35. The van der Waals surface area contributed by atoms with Crippen molar-refractivity contribution in [2.45, 2.75) is 69.9 Å². The van der Waals surface area contributed by atoms with Gasteiger partial charge in [0.25, 0.3) is 0 Å². The minimum atomic E-state index is -3.53. The average Bonchev–Trinajstić information content (AvgIpc) is 3.64. The molecule has 0 N–H and O–H groups in total. The van der Waals surface area contributed by atoms with Crippen molar-refractivity contribution in [2.24, 2.45) is 5.92 Å². The molecule has 2 heterocycles. The number of ether oxygens (including phenoxy) is 2. The summed E-state index contributed by atoms with van der Waals surface area (Å²) in [7, 11) is -3.53. The van der Waals surface area contributed by atoms with Gasteiger partial charge in [0.1, 0.15) is 17.7 Å². The van der Waals surface area contributed by atoms with Crippen LogP contribution < -0.4 is 9.64 Å². The van der Waals surface area contributed by atoms with Gasteiger partial charge in [0, 0.05) is 31.9 Å². The van der Waals surface area contributed by atoms with Crippen LogP contribution in [-0.4, -0.2) is 66.9 Å². The van der Waals surface area contributed by atoms with Crippen molar-refractivity contribution in [1.29, 1.82) is 0 Å². The summed E-state index contributed by atoms with van der Waals surface area (Å²) in [5.41, 5.74) is 0.173. The second-order valence-corrected chi connectivity index (χ2v) is 12.9. The number of halogens is 1. The first kappa shape index (κ1) is 27.1. The summed E-state index contributed by atoms with van der Waals surface area (Å²) in [5.74, 6) is 0.474. The Bertz CT molecular complexity index is 1250. The smallest absolute Gasteiger partial charge is 0.410 e. The molecule has 1 aliphatic heterocycles. The van der Waals surface area contributed by atoms with Gasteiger partial charge in [0.15, 0.2) is 21.4 Å². The molecule has 0 radical (unpaired) electrons. The number of hydrogen-bond donors (Lipinski definition) is 0. The van der Waals surface area contributed by atoms with Crippen LogP contribution in [0.2, 0.25) is 0 Å². The molecule has 37 heavy (non-hydrogen) atoms. The van der Waals surface area contributed by atoms with Crippen LogP contribution in [0.1, 0.15) is 52.0 Å². The lowest BCUT2D eigenvalue weighted by molar-refractivity contribution is 0.0186. The van der Waals surface area contributed by atoms with Crippen molar-refractivity contribution in [3.63, 3.8) is 0 Å². The molecule has 0 bridgehead atoms. The Hall–Kier alpha value is -2.95. The van der Waals surface area contributed by atoms with Crippen LogP contribution in [0.25, 0.3) is 0 Å². The van der Waals surface area contributed by atoms with Crippen LogP contribution in [-0.2, 0) is 14.6 Å². The highest BCUT2D eigenvalue weighted by molar-refractivity contribution is 7.90. The van der Waals surface area contributed by atoms with Crippen molar-refractivity contribution < 1.29 is 27.1 Å². The molecule has 1 aromatic heterocycles. The minimum Gasteiger partial charge on any atom is -0.444 e. The van der Waals surface area contributed by atoms with Gasteiger partial charge in [-0.15, -0.1) is 0 Å². The van der Waals surface area contributed by atoms with Crippen LogP contribution in [0.5, 0.6) is 11.6 Å². The van der Waals surface area contributed by atoms with Crippen molar-refractivity contribution in [3.8, 4) is 11.6 Å². The third-order valence-electron chi connectivity index (χ3n) is 6.53. The zero-order chi connectivity index (χ0) is 27.0. The molecule has 1 amide bonds. The van der Waals surface area contributed by atoms with E-state index in [4.69, 9.17) is 9.47 Å². The Morgan fingerprint density at radius 1 is 1.16 bits per heavy atom. The highest BCUT2D eigenvalue weighted by atomic mass is 32.2. The molecule has 0 unspecified atom stereocenters. The van der Waals surface area contributed by atoms with Crippen LogP contribution in [0.15, 0.2) is 29.4 Å². The second kappa shape index (κ2) is 10.4. The van der Waals surface area contributed by atoms with Gasteiger partial charge in [-0.1, -0.05) is 0 Å². The largest absolute Gasteiger partial charge is 0.444 e. The molecule has 2 aromatic rings. The van der Waals surface area contributed by atoms with Crippen molar-refractivity contribution in [1.82, 2.24) is 14.9 Å². The van der Waals surface area contributed by atoms with Crippen LogP contribution >= 0.6 is 0 Å². The number of anilines is 1. The van der Waals surface area contributed by atoms with Gasteiger partial charge in [0.05, 0.1) is 10.5 Å². The number of sulfone groups is 1. The highest BCUT2D eigenvalue weighted by Crippen LogP contribution is 2.37. The third kappa shape index (κ3) is 6.88. The maximum Gasteiger partial charge on any atom is 0.410 e. The molecule has 1 aliphatic carbocycles. The summed E-state index contributed by atoms with van der Waals surface area (Å²) in [6, 6.07) is 3.92. The summed E-state index contributed by atoms with van der Waals surface area (Å²) >= 11 is 0. The van der Waals surface area contributed by atoms with E-state index in [0.29, 0.717) is 30.6 Å². The van der Waals surface area contributed by atoms with E-state index < -0.39 is 21.3 Å². The fourth-order valence-electron chi connectivity index (χ4n) is 4.41. The zero-order valence-electron chi connectivity index (χ0n) is 22.0. The molecule has 11 heteroatoms. The Morgan fingerprint density at radius 3 is 2.41 bits per heavy atom. The fraction of sp³-hybridized carbons (Fsp3) is 0.577. The maximum atomic E-state index is 14.6. The van der Waals surface area contributed by atoms with E-state index in [9.17, 15) is 17.6 Å². The minimum absolute atomic E-state index is 0.104. The first-order valence-corrected chi connectivity index (χ1v) is 14.4. The van der Waals surface area contributed by atoms with E-state index in [1.54, 1.807) is 4.90 Å². The molecule has 202 valence electrons. The first-order valence-electron chi connectivity index (χ1n) is 12.6. The van der Waals surface area contributed by atoms with Crippen molar-refractivity contribution in [3.05, 3.63) is 35.9 Å². The fourth-order valence-corrected chi connectivity index (χ4v) is 5.05. The number of rotatable bonds is 7. The monoisotopic (exact) mass is 534 g/mol. The maximum absolute atomic E-state index is 14.6. The second-order valence-electron chi connectivity index (χ2n) is 10.9. The quantitative estimate of drug-likeness (QED) is 0.502. The van der Waals surface area contributed by atoms with E-state index in [1.807, 2.05) is 27.7 Å². The van der Waals surface area contributed by atoms with Gasteiger partial charge in [-0.3, -0.25) is 0 Å². The molecule has 2 fully saturated rings. The first-order chi connectivity index (χ1) is 17.3. The molecule has 4 rings (SSSR count). The van der Waals surface area contributed by atoms with Gasteiger partial charge in [0.2, 0.25) is 5.88 Å². The van der Waals surface area contributed by atoms with E-state index in [1.165, 1.54) is 18.5 Å². The Morgan fingerprint density at radius 2 is 1.84 bits per heavy atom. The molecular formula is C26H35FN4O5S. The van der Waals surface area contributed by atoms with Crippen LogP contribution in [0.3, 0.4) is 0 Å². The summed E-state index contributed by atoms with van der Waals surface area (Å²) in [6.07, 6.45) is 6.03. The number of amides is 1. The van der Waals surface area contributed by atoms with Gasteiger partial charge < -0.3 is 19.3 Å². The molecular weight excluding hydrogens is 499 g/mol. The van der Waals surface area contributed by atoms with Gasteiger partial charge in [-0.25, -0.2) is 27.6 Å². The number of carbonyl (C=O) groups is 1. The van der Waals surface area contributed by atoms with E-state index >= 15 is 0 Å². The molecule has 2 aliphatic rings. The topological polar surface area (TPSA) is 102 Å². The van der Waals surface area contributed by atoms with Gasteiger partial charge in [-0.05, 0) is 77.5 Å². The van der Waals surface area contributed by atoms with E-state index in [0.717, 1.165) is 50.4 Å². The number of carbonyl (C=O) groups excluding carboxylic acids is 1. The summed E-state index contributed by atoms with van der Waals surface area (Å²) < 4.78 is 49.3. The van der Waals surface area contributed by atoms with Crippen LogP contribution in [0.4, 0.5) is 15.0 Å².